The summed E-state index contributed by atoms with van der Waals surface area (Å²) in [5.41, 5.74) is -0.607. The molecule has 0 aromatic heterocycles. The number of rotatable bonds is 5. The van der Waals surface area contributed by atoms with E-state index in [0.29, 0.717) is 19.4 Å². The van der Waals surface area contributed by atoms with Gasteiger partial charge in [0.05, 0.1) is 5.60 Å². The molecule has 0 aliphatic heterocycles. The van der Waals surface area contributed by atoms with Crippen LogP contribution in [0.5, 0.6) is 0 Å². The van der Waals surface area contributed by atoms with Gasteiger partial charge in [0.2, 0.25) is 5.91 Å². The van der Waals surface area contributed by atoms with Crippen molar-refractivity contribution in [2.24, 2.45) is 0 Å². The highest BCUT2D eigenvalue weighted by atomic mass is 16.3. The number of allylic oxidation sites excluding steroid dienone is 1. The van der Waals surface area contributed by atoms with Crippen LogP contribution in [-0.2, 0) is 4.79 Å². The number of aliphatic hydroxyl groups is 1. The number of hydrogen-bond donors (Lipinski definition) is 2. The SMILES string of the molecule is C=CCCC(=O)NCC1(O)CCC1. The van der Waals surface area contributed by atoms with E-state index >= 15 is 0 Å². The van der Waals surface area contributed by atoms with Crippen molar-refractivity contribution in [2.75, 3.05) is 6.54 Å². The van der Waals surface area contributed by atoms with Crippen molar-refractivity contribution < 1.29 is 9.90 Å². The van der Waals surface area contributed by atoms with E-state index in [0.717, 1.165) is 19.3 Å². The summed E-state index contributed by atoms with van der Waals surface area (Å²) in [5.74, 6) is 0.000208. The Balaban J connectivity index is 2.10. The predicted molar refractivity (Wildman–Crippen MR) is 51.2 cm³/mol. The molecule has 0 aromatic rings. The van der Waals surface area contributed by atoms with Gasteiger partial charge in [0, 0.05) is 13.0 Å². The zero-order valence-electron chi connectivity index (χ0n) is 7.88. The van der Waals surface area contributed by atoms with E-state index in [1.165, 1.54) is 0 Å². The van der Waals surface area contributed by atoms with Crippen LogP contribution < -0.4 is 5.32 Å². The maximum absolute atomic E-state index is 11.1. The summed E-state index contributed by atoms with van der Waals surface area (Å²) < 4.78 is 0. The zero-order chi connectivity index (χ0) is 9.73. The smallest absolute Gasteiger partial charge is 0.220 e. The highest BCUT2D eigenvalue weighted by Crippen LogP contribution is 2.30. The molecular formula is C10H17NO2. The van der Waals surface area contributed by atoms with Crippen LogP contribution in [0.25, 0.3) is 0 Å². The Bertz CT molecular complexity index is 197. The molecule has 0 spiro atoms. The molecule has 0 heterocycles. The second kappa shape index (κ2) is 4.42. The van der Waals surface area contributed by atoms with E-state index in [1.54, 1.807) is 6.08 Å². The minimum atomic E-state index is -0.607. The number of hydrogen-bond acceptors (Lipinski definition) is 2. The molecule has 1 aliphatic rings. The molecule has 1 fully saturated rings. The molecule has 74 valence electrons. The van der Waals surface area contributed by atoms with Gasteiger partial charge < -0.3 is 10.4 Å². The van der Waals surface area contributed by atoms with E-state index in [1.807, 2.05) is 0 Å². The predicted octanol–water partition coefficient (Wildman–Crippen LogP) is 0.984. The Labute approximate surface area is 78.8 Å². The standard InChI is InChI=1S/C10H17NO2/c1-2-3-5-9(12)11-8-10(13)6-4-7-10/h2,13H,1,3-8H2,(H,11,12). The van der Waals surface area contributed by atoms with Crippen LogP contribution in [0.3, 0.4) is 0 Å². The summed E-state index contributed by atoms with van der Waals surface area (Å²) in [7, 11) is 0. The lowest BCUT2D eigenvalue weighted by Crippen LogP contribution is -2.47. The van der Waals surface area contributed by atoms with Crippen molar-refractivity contribution in [2.45, 2.75) is 37.7 Å². The molecule has 0 radical (unpaired) electrons. The van der Waals surface area contributed by atoms with E-state index in [2.05, 4.69) is 11.9 Å². The number of carbonyl (C=O) groups is 1. The third-order valence-electron chi connectivity index (χ3n) is 2.47. The third kappa shape index (κ3) is 3.19. The Morgan fingerprint density at radius 1 is 1.62 bits per heavy atom. The van der Waals surface area contributed by atoms with Crippen LogP contribution in [0.1, 0.15) is 32.1 Å². The quantitative estimate of drug-likeness (QED) is 0.624. The molecule has 3 heteroatoms. The van der Waals surface area contributed by atoms with Crippen LogP contribution in [0.2, 0.25) is 0 Å². The maximum Gasteiger partial charge on any atom is 0.220 e. The molecule has 1 rings (SSSR count). The minimum Gasteiger partial charge on any atom is -0.388 e. The molecule has 0 unspecified atom stereocenters. The van der Waals surface area contributed by atoms with Crippen LogP contribution in [0, 0.1) is 0 Å². The first-order chi connectivity index (χ1) is 6.16. The minimum absolute atomic E-state index is 0.000208. The summed E-state index contributed by atoms with van der Waals surface area (Å²) in [6.45, 7) is 3.95. The first-order valence-electron chi connectivity index (χ1n) is 4.76. The molecule has 0 atom stereocenters. The average molecular weight is 183 g/mol. The third-order valence-corrected chi connectivity index (χ3v) is 2.47. The monoisotopic (exact) mass is 183 g/mol. The summed E-state index contributed by atoms with van der Waals surface area (Å²) in [5, 5.41) is 12.4. The summed E-state index contributed by atoms with van der Waals surface area (Å²) in [6.07, 6.45) is 5.59. The zero-order valence-corrected chi connectivity index (χ0v) is 7.88. The van der Waals surface area contributed by atoms with Crippen molar-refractivity contribution in [3.05, 3.63) is 12.7 Å². The normalized spacial score (nSPS) is 18.8. The summed E-state index contributed by atoms with van der Waals surface area (Å²) in [6, 6.07) is 0. The lowest BCUT2D eigenvalue weighted by molar-refractivity contribution is -0.123. The lowest BCUT2D eigenvalue weighted by atomic mass is 9.80. The summed E-state index contributed by atoms with van der Waals surface area (Å²) >= 11 is 0. The number of nitrogens with one attached hydrogen (secondary N) is 1. The van der Waals surface area contributed by atoms with Crippen LogP contribution in [0.15, 0.2) is 12.7 Å². The van der Waals surface area contributed by atoms with E-state index in [9.17, 15) is 9.90 Å². The molecule has 3 nitrogen and oxygen atoms in total. The van der Waals surface area contributed by atoms with Crippen LogP contribution >= 0.6 is 0 Å². The van der Waals surface area contributed by atoms with Gasteiger partial charge in [0.15, 0.2) is 0 Å². The molecule has 0 saturated heterocycles. The van der Waals surface area contributed by atoms with Gasteiger partial charge in [-0.2, -0.15) is 0 Å². The first kappa shape index (κ1) is 10.3. The van der Waals surface area contributed by atoms with Crippen molar-refractivity contribution in [1.82, 2.24) is 5.32 Å². The van der Waals surface area contributed by atoms with Gasteiger partial charge in [-0.15, -0.1) is 6.58 Å². The lowest BCUT2D eigenvalue weighted by Gasteiger charge is -2.36. The van der Waals surface area contributed by atoms with Gasteiger partial charge in [-0.1, -0.05) is 6.08 Å². The molecule has 1 amide bonds. The van der Waals surface area contributed by atoms with Crippen molar-refractivity contribution in [3.8, 4) is 0 Å². The molecular weight excluding hydrogens is 166 g/mol. The van der Waals surface area contributed by atoms with Crippen LogP contribution in [0.4, 0.5) is 0 Å². The Morgan fingerprint density at radius 3 is 2.77 bits per heavy atom. The number of amides is 1. The fourth-order valence-corrected chi connectivity index (χ4v) is 1.35. The van der Waals surface area contributed by atoms with Crippen molar-refractivity contribution in [1.29, 1.82) is 0 Å². The highest BCUT2D eigenvalue weighted by Gasteiger charge is 2.34. The largest absolute Gasteiger partial charge is 0.388 e. The first-order valence-corrected chi connectivity index (χ1v) is 4.76. The molecule has 0 bridgehead atoms. The Morgan fingerprint density at radius 2 is 2.31 bits per heavy atom. The molecule has 0 aromatic carbocycles. The van der Waals surface area contributed by atoms with Crippen LogP contribution in [-0.4, -0.2) is 23.2 Å². The second-order valence-corrected chi connectivity index (χ2v) is 3.68. The van der Waals surface area contributed by atoms with E-state index in [-0.39, 0.29) is 5.91 Å². The van der Waals surface area contributed by atoms with Gasteiger partial charge in [0.1, 0.15) is 0 Å². The average Bonchev–Trinajstić information content (AvgIpc) is 2.08. The molecule has 2 N–H and O–H groups in total. The van der Waals surface area contributed by atoms with Gasteiger partial charge in [-0.3, -0.25) is 4.79 Å². The van der Waals surface area contributed by atoms with Gasteiger partial charge in [-0.05, 0) is 25.7 Å². The fourth-order valence-electron chi connectivity index (χ4n) is 1.35. The Hall–Kier alpha value is -0.830. The van der Waals surface area contributed by atoms with E-state index < -0.39 is 5.60 Å². The van der Waals surface area contributed by atoms with Crippen molar-refractivity contribution >= 4 is 5.91 Å². The molecule has 13 heavy (non-hydrogen) atoms. The van der Waals surface area contributed by atoms with Crippen molar-refractivity contribution in [3.63, 3.8) is 0 Å². The van der Waals surface area contributed by atoms with Gasteiger partial charge >= 0.3 is 0 Å². The summed E-state index contributed by atoms with van der Waals surface area (Å²) in [4.78, 5) is 11.1. The van der Waals surface area contributed by atoms with E-state index in [4.69, 9.17) is 0 Å². The topological polar surface area (TPSA) is 49.3 Å². The second-order valence-electron chi connectivity index (χ2n) is 3.68. The van der Waals surface area contributed by atoms with Gasteiger partial charge in [-0.25, -0.2) is 0 Å². The highest BCUT2D eigenvalue weighted by molar-refractivity contribution is 5.76. The maximum atomic E-state index is 11.1. The molecule has 1 aliphatic carbocycles. The fraction of sp³-hybridized carbons (Fsp3) is 0.700. The molecule has 1 saturated carbocycles. The Kier molecular flexibility index (Phi) is 3.48. The van der Waals surface area contributed by atoms with Gasteiger partial charge in [0.25, 0.3) is 0 Å². The number of carbonyl (C=O) groups excluding carboxylic acids is 1.